The highest BCUT2D eigenvalue weighted by molar-refractivity contribution is 5.80. The van der Waals surface area contributed by atoms with Crippen molar-refractivity contribution < 1.29 is 9.53 Å². The maximum Gasteiger partial charge on any atom is 0.306 e. The first-order chi connectivity index (χ1) is 9.31. The number of rotatable bonds is 3. The van der Waals surface area contributed by atoms with Crippen molar-refractivity contribution in [2.45, 2.75) is 19.3 Å². The van der Waals surface area contributed by atoms with Crippen LogP contribution in [0, 0.1) is 0 Å². The Labute approximate surface area is 112 Å². The first-order valence-corrected chi connectivity index (χ1v) is 6.51. The van der Waals surface area contributed by atoms with Crippen LogP contribution in [0.1, 0.15) is 30.4 Å². The van der Waals surface area contributed by atoms with Gasteiger partial charge in [-0.2, -0.15) is 0 Å². The Morgan fingerprint density at radius 3 is 2.84 bits per heavy atom. The van der Waals surface area contributed by atoms with Gasteiger partial charge in [0.05, 0.1) is 18.7 Å². The lowest BCUT2D eigenvalue weighted by Gasteiger charge is -2.12. The summed E-state index contributed by atoms with van der Waals surface area (Å²) < 4.78 is 5.07. The molecule has 2 aromatic rings. The molecule has 0 bridgehead atoms. The minimum Gasteiger partial charge on any atom is -0.466 e. The standard InChI is InChI=1S/C16H15NO2/c1-2-19-15(18)10-14-11-6-3-4-7-12(11)16-13(14)8-5-9-17-16/h3-9,14H,2,10H2,1H3. The summed E-state index contributed by atoms with van der Waals surface area (Å²) in [5.41, 5.74) is 4.42. The smallest absolute Gasteiger partial charge is 0.306 e. The second-order valence-corrected chi connectivity index (χ2v) is 4.59. The number of aromatic nitrogens is 1. The van der Waals surface area contributed by atoms with Gasteiger partial charge < -0.3 is 4.74 Å². The van der Waals surface area contributed by atoms with E-state index in [0.29, 0.717) is 13.0 Å². The molecule has 1 unspecified atom stereocenters. The first-order valence-electron chi connectivity index (χ1n) is 6.51. The predicted octanol–water partition coefficient (Wildman–Crippen LogP) is 3.15. The highest BCUT2D eigenvalue weighted by Crippen LogP contribution is 2.44. The number of nitrogens with zero attached hydrogens (tertiary/aromatic N) is 1. The monoisotopic (exact) mass is 253 g/mol. The molecule has 0 radical (unpaired) electrons. The molecule has 1 aliphatic carbocycles. The topological polar surface area (TPSA) is 39.2 Å². The number of hydrogen-bond donors (Lipinski definition) is 0. The fourth-order valence-corrected chi connectivity index (χ4v) is 2.71. The zero-order valence-electron chi connectivity index (χ0n) is 10.8. The van der Waals surface area contributed by atoms with E-state index in [4.69, 9.17) is 4.74 Å². The molecule has 0 fully saturated rings. The summed E-state index contributed by atoms with van der Waals surface area (Å²) >= 11 is 0. The van der Waals surface area contributed by atoms with Crippen LogP contribution in [0.5, 0.6) is 0 Å². The van der Waals surface area contributed by atoms with Crippen molar-refractivity contribution in [1.82, 2.24) is 4.98 Å². The van der Waals surface area contributed by atoms with E-state index in [0.717, 1.165) is 16.8 Å². The number of carbonyl (C=O) groups excluding carboxylic acids is 1. The van der Waals surface area contributed by atoms with Gasteiger partial charge in [0.25, 0.3) is 0 Å². The van der Waals surface area contributed by atoms with Crippen molar-refractivity contribution in [3.8, 4) is 11.3 Å². The Bertz CT molecular complexity index is 576. The summed E-state index contributed by atoms with van der Waals surface area (Å²) in [6.45, 7) is 2.25. The second-order valence-electron chi connectivity index (χ2n) is 4.59. The summed E-state index contributed by atoms with van der Waals surface area (Å²) in [5, 5.41) is 0. The average molecular weight is 253 g/mol. The molecule has 0 N–H and O–H groups in total. The van der Waals surface area contributed by atoms with E-state index in [2.05, 4.69) is 17.1 Å². The molecule has 3 heteroatoms. The van der Waals surface area contributed by atoms with Crippen molar-refractivity contribution in [3.05, 3.63) is 53.7 Å². The number of benzene rings is 1. The van der Waals surface area contributed by atoms with Crippen LogP contribution in [0.2, 0.25) is 0 Å². The normalized spacial score (nSPS) is 15.7. The van der Waals surface area contributed by atoms with Gasteiger partial charge in [-0.25, -0.2) is 0 Å². The van der Waals surface area contributed by atoms with Gasteiger partial charge in [0, 0.05) is 17.7 Å². The molecule has 3 nitrogen and oxygen atoms in total. The molecule has 0 aliphatic heterocycles. The third-order valence-corrected chi connectivity index (χ3v) is 3.48. The van der Waals surface area contributed by atoms with Crippen LogP contribution in [0.25, 0.3) is 11.3 Å². The second kappa shape index (κ2) is 4.84. The van der Waals surface area contributed by atoms with Crippen molar-refractivity contribution in [1.29, 1.82) is 0 Å². The molecule has 1 aromatic heterocycles. The molecule has 1 aliphatic rings. The van der Waals surface area contributed by atoms with Gasteiger partial charge in [-0.1, -0.05) is 30.3 Å². The quantitative estimate of drug-likeness (QED) is 0.789. The van der Waals surface area contributed by atoms with E-state index in [1.807, 2.05) is 31.2 Å². The van der Waals surface area contributed by atoms with E-state index in [-0.39, 0.29) is 11.9 Å². The number of ether oxygens (including phenoxy) is 1. The van der Waals surface area contributed by atoms with Crippen LogP contribution in [-0.2, 0) is 9.53 Å². The van der Waals surface area contributed by atoms with Gasteiger partial charge in [-0.05, 0) is 24.1 Å². The molecular formula is C16H15NO2. The first kappa shape index (κ1) is 11.9. The fraction of sp³-hybridized carbons (Fsp3) is 0.250. The maximum absolute atomic E-state index is 11.8. The third-order valence-electron chi connectivity index (χ3n) is 3.48. The molecule has 3 rings (SSSR count). The number of esters is 1. The largest absolute Gasteiger partial charge is 0.466 e. The summed E-state index contributed by atoms with van der Waals surface area (Å²) in [7, 11) is 0. The van der Waals surface area contributed by atoms with Gasteiger partial charge in [0.1, 0.15) is 0 Å². The zero-order chi connectivity index (χ0) is 13.2. The van der Waals surface area contributed by atoms with Gasteiger partial charge in [-0.3, -0.25) is 9.78 Å². The van der Waals surface area contributed by atoms with E-state index in [1.54, 1.807) is 6.20 Å². The van der Waals surface area contributed by atoms with Crippen LogP contribution in [0.3, 0.4) is 0 Å². The molecule has 19 heavy (non-hydrogen) atoms. The van der Waals surface area contributed by atoms with Crippen molar-refractivity contribution in [3.63, 3.8) is 0 Å². The van der Waals surface area contributed by atoms with E-state index >= 15 is 0 Å². The summed E-state index contributed by atoms with van der Waals surface area (Å²) in [6, 6.07) is 12.1. The van der Waals surface area contributed by atoms with Crippen LogP contribution in [-0.4, -0.2) is 17.6 Å². The van der Waals surface area contributed by atoms with E-state index in [1.165, 1.54) is 5.56 Å². The van der Waals surface area contributed by atoms with Gasteiger partial charge in [-0.15, -0.1) is 0 Å². The Morgan fingerprint density at radius 2 is 2.00 bits per heavy atom. The van der Waals surface area contributed by atoms with Crippen LogP contribution >= 0.6 is 0 Å². The van der Waals surface area contributed by atoms with Gasteiger partial charge in [0.15, 0.2) is 0 Å². The van der Waals surface area contributed by atoms with Crippen molar-refractivity contribution in [2.75, 3.05) is 6.61 Å². The average Bonchev–Trinajstić information content (AvgIpc) is 2.75. The molecule has 96 valence electrons. The molecule has 0 amide bonds. The number of hydrogen-bond acceptors (Lipinski definition) is 3. The fourth-order valence-electron chi connectivity index (χ4n) is 2.71. The summed E-state index contributed by atoms with van der Waals surface area (Å²) in [5.74, 6) is -0.0852. The maximum atomic E-state index is 11.8. The highest BCUT2D eigenvalue weighted by Gasteiger charge is 2.31. The molecule has 1 heterocycles. The minimum atomic E-state index is -0.154. The molecular weight excluding hydrogens is 238 g/mol. The predicted molar refractivity (Wildman–Crippen MR) is 72.8 cm³/mol. The van der Waals surface area contributed by atoms with Gasteiger partial charge >= 0.3 is 5.97 Å². The van der Waals surface area contributed by atoms with Crippen LogP contribution in [0.4, 0.5) is 0 Å². The lowest BCUT2D eigenvalue weighted by atomic mass is 9.94. The van der Waals surface area contributed by atoms with Crippen molar-refractivity contribution >= 4 is 5.97 Å². The number of pyridine rings is 1. The Balaban J connectivity index is 2.02. The highest BCUT2D eigenvalue weighted by atomic mass is 16.5. The summed E-state index contributed by atoms with van der Waals surface area (Å²) in [6.07, 6.45) is 2.17. The van der Waals surface area contributed by atoms with Crippen LogP contribution in [0.15, 0.2) is 42.6 Å². The number of carbonyl (C=O) groups is 1. The van der Waals surface area contributed by atoms with E-state index in [9.17, 15) is 4.79 Å². The molecule has 1 atom stereocenters. The van der Waals surface area contributed by atoms with Crippen LogP contribution < -0.4 is 0 Å². The van der Waals surface area contributed by atoms with Crippen molar-refractivity contribution in [2.24, 2.45) is 0 Å². The minimum absolute atomic E-state index is 0.0685. The molecule has 1 aromatic carbocycles. The Hall–Kier alpha value is -2.16. The molecule has 0 saturated heterocycles. The SMILES string of the molecule is CCOC(=O)CC1c2ccccc2-c2ncccc21. The molecule has 0 spiro atoms. The molecule has 0 saturated carbocycles. The lowest BCUT2D eigenvalue weighted by Crippen LogP contribution is -2.09. The van der Waals surface area contributed by atoms with Gasteiger partial charge in [0.2, 0.25) is 0 Å². The Morgan fingerprint density at radius 1 is 1.21 bits per heavy atom. The lowest BCUT2D eigenvalue weighted by molar-refractivity contribution is -0.143. The third kappa shape index (κ3) is 2.01. The van der Waals surface area contributed by atoms with E-state index < -0.39 is 0 Å². The number of fused-ring (bicyclic) bond motifs is 3. The Kier molecular flexibility index (Phi) is 3.03. The summed E-state index contributed by atoms with van der Waals surface area (Å²) in [4.78, 5) is 16.2. The zero-order valence-corrected chi connectivity index (χ0v) is 10.8.